The molecule has 3 aliphatic heterocycles. The minimum atomic E-state index is -0.550. The summed E-state index contributed by atoms with van der Waals surface area (Å²) in [5.41, 5.74) is 6.20. The van der Waals surface area contributed by atoms with Gasteiger partial charge in [0.1, 0.15) is 0 Å². The summed E-state index contributed by atoms with van der Waals surface area (Å²) in [5.74, 6) is 0.305. The zero-order valence-electron chi connectivity index (χ0n) is 21.9. The highest BCUT2D eigenvalue weighted by Gasteiger charge is 2.46. The van der Waals surface area contributed by atoms with Crippen LogP contribution in [-0.4, -0.2) is 62.0 Å². The Morgan fingerprint density at radius 3 is 2.37 bits per heavy atom. The number of carbonyl (C=O) groups is 2. The highest BCUT2D eigenvalue weighted by Crippen LogP contribution is 2.48. The molecule has 0 aliphatic carbocycles. The largest absolute Gasteiger partial charge is 0.493 e. The summed E-state index contributed by atoms with van der Waals surface area (Å²) in [6.45, 7) is 3.77. The molecule has 0 bridgehead atoms. The molecule has 0 aromatic heterocycles. The standard InChI is InChI=1S/C31H33N3O4/c1-37-26-17-24-25(18-27(26)38-2)31(36)34-15-12-21-8-5-6-10-23(21)29(34)28(24)30(35)32-13-16-33-14-11-20-7-3-4-9-22(20)19-33/h3-10,17-18,28-29H,11-16,19H2,1-2H3,(H,32,35). The summed E-state index contributed by atoms with van der Waals surface area (Å²) < 4.78 is 11.1. The summed E-state index contributed by atoms with van der Waals surface area (Å²) in [4.78, 5) is 31.9. The number of carbonyl (C=O) groups excluding carboxylic acids is 2. The van der Waals surface area contributed by atoms with Crippen molar-refractivity contribution in [1.29, 1.82) is 0 Å². The molecule has 6 rings (SSSR count). The van der Waals surface area contributed by atoms with Crippen molar-refractivity contribution < 1.29 is 19.1 Å². The number of rotatable bonds is 6. The van der Waals surface area contributed by atoms with E-state index in [2.05, 4.69) is 46.6 Å². The molecule has 0 radical (unpaired) electrons. The first-order chi connectivity index (χ1) is 18.6. The van der Waals surface area contributed by atoms with Crippen molar-refractivity contribution >= 4 is 11.8 Å². The topological polar surface area (TPSA) is 71.1 Å². The predicted octanol–water partition coefficient (Wildman–Crippen LogP) is 3.72. The van der Waals surface area contributed by atoms with Crippen LogP contribution in [0.4, 0.5) is 0 Å². The first kappa shape index (κ1) is 24.5. The van der Waals surface area contributed by atoms with Gasteiger partial charge in [0.25, 0.3) is 5.91 Å². The van der Waals surface area contributed by atoms with E-state index in [0.717, 1.165) is 38.0 Å². The van der Waals surface area contributed by atoms with Crippen LogP contribution in [0.1, 0.15) is 50.1 Å². The molecule has 3 aromatic rings. The second-order valence-corrected chi connectivity index (χ2v) is 10.3. The van der Waals surface area contributed by atoms with E-state index >= 15 is 0 Å². The van der Waals surface area contributed by atoms with E-state index in [9.17, 15) is 9.59 Å². The lowest BCUT2D eigenvalue weighted by Gasteiger charge is -2.45. The summed E-state index contributed by atoms with van der Waals surface area (Å²) >= 11 is 0. The number of amides is 2. The molecule has 1 N–H and O–H groups in total. The molecular weight excluding hydrogens is 478 g/mol. The first-order valence-electron chi connectivity index (χ1n) is 13.3. The highest BCUT2D eigenvalue weighted by molar-refractivity contribution is 6.02. The number of hydrogen-bond donors (Lipinski definition) is 1. The lowest BCUT2D eigenvalue weighted by atomic mass is 9.75. The number of ether oxygens (including phenoxy) is 2. The average Bonchev–Trinajstić information content (AvgIpc) is 2.96. The van der Waals surface area contributed by atoms with Gasteiger partial charge < -0.3 is 19.7 Å². The van der Waals surface area contributed by atoms with Gasteiger partial charge in [0, 0.05) is 38.3 Å². The number of nitrogens with zero attached hydrogens (tertiary/aromatic N) is 2. The predicted molar refractivity (Wildman–Crippen MR) is 145 cm³/mol. The molecule has 7 heteroatoms. The molecule has 2 unspecified atom stereocenters. The Balaban J connectivity index is 1.29. The quantitative estimate of drug-likeness (QED) is 0.546. The SMILES string of the molecule is COc1cc2c(cc1OC)C(C(=O)NCCN1CCc3ccccc3C1)C1c3ccccc3CCN1C2=O. The first-order valence-corrected chi connectivity index (χ1v) is 13.3. The van der Waals surface area contributed by atoms with E-state index in [1.165, 1.54) is 16.7 Å². The van der Waals surface area contributed by atoms with E-state index in [1.807, 2.05) is 23.1 Å². The fourth-order valence-corrected chi connectivity index (χ4v) is 6.32. The smallest absolute Gasteiger partial charge is 0.254 e. The Kier molecular flexibility index (Phi) is 6.54. The van der Waals surface area contributed by atoms with Gasteiger partial charge in [0.05, 0.1) is 26.2 Å². The van der Waals surface area contributed by atoms with Crippen molar-refractivity contribution in [2.75, 3.05) is 40.4 Å². The molecule has 0 saturated carbocycles. The van der Waals surface area contributed by atoms with Crippen molar-refractivity contribution in [2.24, 2.45) is 0 Å². The highest BCUT2D eigenvalue weighted by atomic mass is 16.5. The van der Waals surface area contributed by atoms with Gasteiger partial charge in [0.15, 0.2) is 11.5 Å². The van der Waals surface area contributed by atoms with Crippen LogP contribution in [0.25, 0.3) is 0 Å². The van der Waals surface area contributed by atoms with Gasteiger partial charge in [-0.1, -0.05) is 48.5 Å². The fraction of sp³-hybridized carbons (Fsp3) is 0.355. The maximum Gasteiger partial charge on any atom is 0.254 e. The summed E-state index contributed by atoms with van der Waals surface area (Å²) in [5, 5.41) is 3.22. The lowest BCUT2D eigenvalue weighted by Crippen LogP contribution is -2.50. The molecule has 38 heavy (non-hydrogen) atoms. The maximum absolute atomic E-state index is 14.0. The second-order valence-electron chi connectivity index (χ2n) is 10.3. The van der Waals surface area contributed by atoms with Crippen LogP contribution in [0.2, 0.25) is 0 Å². The maximum atomic E-state index is 14.0. The van der Waals surface area contributed by atoms with Gasteiger partial charge in [0.2, 0.25) is 5.91 Å². The summed E-state index contributed by atoms with van der Waals surface area (Å²) in [7, 11) is 3.13. The normalized spacial score (nSPS) is 20.1. The Morgan fingerprint density at radius 1 is 0.895 bits per heavy atom. The molecule has 0 fully saturated rings. The molecule has 0 saturated heterocycles. The molecule has 7 nitrogen and oxygen atoms in total. The van der Waals surface area contributed by atoms with E-state index in [4.69, 9.17) is 9.47 Å². The van der Waals surface area contributed by atoms with Crippen LogP contribution in [0.5, 0.6) is 11.5 Å². The van der Waals surface area contributed by atoms with E-state index in [0.29, 0.717) is 35.7 Å². The lowest BCUT2D eigenvalue weighted by molar-refractivity contribution is -0.124. The summed E-state index contributed by atoms with van der Waals surface area (Å²) in [6, 6.07) is 19.9. The van der Waals surface area contributed by atoms with Crippen LogP contribution in [-0.2, 0) is 24.2 Å². The van der Waals surface area contributed by atoms with Crippen molar-refractivity contribution in [3.8, 4) is 11.5 Å². The molecule has 3 heterocycles. The third-order valence-electron chi connectivity index (χ3n) is 8.25. The number of fused-ring (bicyclic) bond motifs is 5. The summed E-state index contributed by atoms with van der Waals surface area (Å²) in [6.07, 6.45) is 1.80. The van der Waals surface area contributed by atoms with E-state index < -0.39 is 5.92 Å². The van der Waals surface area contributed by atoms with Crippen molar-refractivity contribution in [1.82, 2.24) is 15.1 Å². The van der Waals surface area contributed by atoms with Crippen LogP contribution in [0.3, 0.4) is 0 Å². The van der Waals surface area contributed by atoms with E-state index in [-0.39, 0.29) is 17.9 Å². The van der Waals surface area contributed by atoms with E-state index in [1.54, 1.807) is 20.3 Å². The number of methoxy groups -OCH3 is 2. The number of nitrogens with one attached hydrogen (secondary N) is 1. The third-order valence-corrected chi connectivity index (χ3v) is 8.25. The molecule has 0 spiro atoms. The molecule has 196 valence electrons. The number of benzene rings is 3. The Bertz CT molecular complexity index is 1390. The van der Waals surface area contributed by atoms with Gasteiger partial charge in [-0.05, 0) is 52.8 Å². The Labute approximate surface area is 223 Å². The van der Waals surface area contributed by atoms with Gasteiger partial charge in [-0.2, -0.15) is 0 Å². The molecular formula is C31H33N3O4. The van der Waals surface area contributed by atoms with Crippen LogP contribution in [0.15, 0.2) is 60.7 Å². The number of hydrogen-bond acceptors (Lipinski definition) is 5. The second kappa shape index (κ2) is 10.1. The van der Waals surface area contributed by atoms with Gasteiger partial charge in [-0.3, -0.25) is 14.5 Å². The minimum absolute atomic E-state index is 0.0727. The Hall–Kier alpha value is -3.84. The van der Waals surface area contributed by atoms with Crippen molar-refractivity contribution in [3.63, 3.8) is 0 Å². The molecule has 2 atom stereocenters. The van der Waals surface area contributed by atoms with Crippen molar-refractivity contribution in [3.05, 3.63) is 94.0 Å². The van der Waals surface area contributed by atoms with Crippen LogP contribution in [0, 0.1) is 0 Å². The van der Waals surface area contributed by atoms with Crippen LogP contribution < -0.4 is 14.8 Å². The molecule has 3 aliphatic rings. The fourth-order valence-electron chi connectivity index (χ4n) is 6.32. The minimum Gasteiger partial charge on any atom is -0.493 e. The van der Waals surface area contributed by atoms with Gasteiger partial charge in [-0.25, -0.2) is 0 Å². The van der Waals surface area contributed by atoms with Gasteiger partial charge >= 0.3 is 0 Å². The average molecular weight is 512 g/mol. The van der Waals surface area contributed by atoms with Crippen LogP contribution >= 0.6 is 0 Å². The zero-order chi connectivity index (χ0) is 26.2. The zero-order valence-corrected chi connectivity index (χ0v) is 21.9. The third kappa shape index (κ3) is 4.21. The monoisotopic (exact) mass is 511 g/mol. The van der Waals surface area contributed by atoms with Crippen molar-refractivity contribution in [2.45, 2.75) is 31.3 Å². The molecule has 3 aromatic carbocycles. The van der Waals surface area contributed by atoms with Gasteiger partial charge in [-0.15, -0.1) is 0 Å². The Morgan fingerprint density at radius 2 is 1.58 bits per heavy atom. The molecule has 2 amide bonds.